The average molecular weight is 299 g/mol. The molecule has 0 N–H and O–H groups in total. The monoisotopic (exact) mass is 299 g/mol. The molecule has 21 heavy (non-hydrogen) atoms. The van der Waals surface area contributed by atoms with Crippen LogP contribution in [0, 0.1) is 5.92 Å². The third-order valence-corrected chi connectivity index (χ3v) is 4.27. The molecule has 0 saturated carbocycles. The number of methoxy groups -OCH3 is 1. The maximum Gasteiger partial charge on any atom is 0.307 e. The molecule has 2 aliphatic rings. The van der Waals surface area contributed by atoms with E-state index in [0.717, 1.165) is 25.9 Å². The number of rotatable bonds is 6. The molecule has 2 rings (SSSR count). The molecule has 0 aromatic rings. The molecule has 0 aliphatic carbocycles. The zero-order valence-corrected chi connectivity index (χ0v) is 12.9. The van der Waals surface area contributed by atoms with Gasteiger partial charge in [-0.25, -0.2) is 0 Å². The van der Waals surface area contributed by atoms with Crippen LogP contribution in [0.25, 0.3) is 0 Å². The minimum atomic E-state index is -0.295. The highest BCUT2D eigenvalue weighted by Gasteiger charge is 2.35. The maximum atomic E-state index is 12.7. The summed E-state index contributed by atoms with van der Waals surface area (Å²) in [4.78, 5) is 25.8. The van der Waals surface area contributed by atoms with Gasteiger partial charge in [-0.1, -0.05) is 0 Å². The van der Waals surface area contributed by atoms with Crippen molar-refractivity contribution in [1.82, 2.24) is 4.90 Å². The molecular formula is C15H25NO5. The molecule has 0 spiro atoms. The highest BCUT2D eigenvalue weighted by atomic mass is 16.5. The second-order valence-electron chi connectivity index (χ2n) is 5.72. The summed E-state index contributed by atoms with van der Waals surface area (Å²) in [5, 5.41) is 0. The molecule has 2 heterocycles. The van der Waals surface area contributed by atoms with E-state index in [1.54, 1.807) is 4.90 Å². The third kappa shape index (κ3) is 4.41. The van der Waals surface area contributed by atoms with Crippen LogP contribution in [0.2, 0.25) is 0 Å². The lowest BCUT2D eigenvalue weighted by Gasteiger charge is -2.28. The second kappa shape index (κ2) is 7.75. The van der Waals surface area contributed by atoms with Crippen molar-refractivity contribution in [1.29, 1.82) is 0 Å². The van der Waals surface area contributed by atoms with E-state index < -0.39 is 0 Å². The Morgan fingerprint density at radius 3 is 2.62 bits per heavy atom. The van der Waals surface area contributed by atoms with Crippen LogP contribution in [0.1, 0.15) is 32.6 Å². The summed E-state index contributed by atoms with van der Waals surface area (Å²) in [7, 11) is 1.36. The Bertz CT molecular complexity index is 367. The van der Waals surface area contributed by atoms with Crippen LogP contribution in [0.3, 0.4) is 0 Å². The van der Waals surface area contributed by atoms with E-state index in [2.05, 4.69) is 4.74 Å². The first-order valence-electron chi connectivity index (χ1n) is 7.70. The van der Waals surface area contributed by atoms with Gasteiger partial charge in [0.25, 0.3) is 0 Å². The van der Waals surface area contributed by atoms with Gasteiger partial charge >= 0.3 is 5.97 Å². The molecule has 0 bridgehead atoms. The highest BCUT2D eigenvalue weighted by Crippen LogP contribution is 2.24. The Labute approximate surface area is 125 Å². The van der Waals surface area contributed by atoms with Crippen LogP contribution in [0.5, 0.6) is 0 Å². The minimum Gasteiger partial charge on any atom is -0.469 e. The van der Waals surface area contributed by atoms with Gasteiger partial charge < -0.3 is 19.1 Å². The first-order chi connectivity index (χ1) is 10.1. The predicted molar refractivity (Wildman–Crippen MR) is 75.7 cm³/mol. The fourth-order valence-electron chi connectivity index (χ4n) is 2.94. The topological polar surface area (TPSA) is 65.1 Å². The first-order valence-corrected chi connectivity index (χ1v) is 7.70. The normalized spacial score (nSPS) is 28.6. The molecule has 1 amide bonds. The predicted octanol–water partition coefficient (Wildman–Crippen LogP) is 0.982. The second-order valence-corrected chi connectivity index (χ2v) is 5.72. The van der Waals surface area contributed by atoms with Gasteiger partial charge in [-0.05, 0) is 26.2 Å². The number of nitrogens with zero attached hydrogens (tertiary/aromatic N) is 1. The van der Waals surface area contributed by atoms with Gasteiger partial charge in [-0.3, -0.25) is 9.59 Å². The van der Waals surface area contributed by atoms with Crippen molar-refractivity contribution in [3.8, 4) is 0 Å². The van der Waals surface area contributed by atoms with Crippen molar-refractivity contribution in [3.63, 3.8) is 0 Å². The number of ether oxygens (including phenoxy) is 3. The number of hydrogen-bond donors (Lipinski definition) is 0. The van der Waals surface area contributed by atoms with Crippen LogP contribution in [-0.4, -0.2) is 62.4 Å². The number of esters is 1. The van der Waals surface area contributed by atoms with E-state index in [4.69, 9.17) is 9.47 Å². The molecule has 0 aromatic carbocycles. The van der Waals surface area contributed by atoms with Crippen LogP contribution >= 0.6 is 0 Å². The average Bonchev–Trinajstić information content (AvgIpc) is 3.13. The van der Waals surface area contributed by atoms with Crippen molar-refractivity contribution in [3.05, 3.63) is 0 Å². The van der Waals surface area contributed by atoms with Crippen LogP contribution in [0.4, 0.5) is 0 Å². The van der Waals surface area contributed by atoms with Crippen LogP contribution in [0.15, 0.2) is 0 Å². The zero-order valence-electron chi connectivity index (χ0n) is 12.9. The molecule has 0 radical (unpaired) electrons. The summed E-state index contributed by atoms with van der Waals surface area (Å²) in [5.41, 5.74) is 0. The fourth-order valence-corrected chi connectivity index (χ4v) is 2.94. The molecule has 0 aromatic heterocycles. The van der Waals surface area contributed by atoms with Gasteiger partial charge in [0.2, 0.25) is 5.91 Å². The van der Waals surface area contributed by atoms with E-state index in [-0.39, 0.29) is 36.4 Å². The standard InChI is InChI=1S/C15H25NO5/c1-11-13(6-9-20-11)15(18)16(7-5-14(17)19-2)10-12-4-3-8-21-12/h11-13H,3-10H2,1-2H3. The Balaban J connectivity index is 1.95. The summed E-state index contributed by atoms with van der Waals surface area (Å²) < 4.78 is 15.8. The van der Waals surface area contributed by atoms with E-state index in [9.17, 15) is 9.59 Å². The number of carbonyl (C=O) groups excluding carboxylic acids is 2. The van der Waals surface area contributed by atoms with E-state index in [0.29, 0.717) is 19.7 Å². The fraction of sp³-hybridized carbons (Fsp3) is 0.867. The third-order valence-electron chi connectivity index (χ3n) is 4.27. The van der Waals surface area contributed by atoms with Crippen molar-refractivity contribution >= 4 is 11.9 Å². The van der Waals surface area contributed by atoms with Crippen LogP contribution < -0.4 is 0 Å². The Morgan fingerprint density at radius 2 is 2.05 bits per heavy atom. The molecule has 2 aliphatic heterocycles. The molecule has 6 heteroatoms. The van der Waals surface area contributed by atoms with Gasteiger partial charge in [0.15, 0.2) is 0 Å². The van der Waals surface area contributed by atoms with Gasteiger partial charge in [0.1, 0.15) is 0 Å². The number of hydrogen-bond acceptors (Lipinski definition) is 5. The van der Waals surface area contributed by atoms with Gasteiger partial charge in [0.05, 0.1) is 31.7 Å². The minimum absolute atomic E-state index is 0.0531. The quantitative estimate of drug-likeness (QED) is 0.684. The van der Waals surface area contributed by atoms with Gasteiger partial charge in [0, 0.05) is 26.3 Å². The maximum absolute atomic E-state index is 12.7. The van der Waals surface area contributed by atoms with Crippen molar-refractivity contribution in [2.75, 3.05) is 33.4 Å². The zero-order chi connectivity index (χ0) is 15.2. The van der Waals surface area contributed by atoms with Crippen molar-refractivity contribution < 1.29 is 23.8 Å². The highest BCUT2D eigenvalue weighted by molar-refractivity contribution is 5.80. The lowest BCUT2D eigenvalue weighted by atomic mass is 10.0. The molecule has 6 nitrogen and oxygen atoms in total. The first kappa shape index (κ1) is 16.2. The summed E-state index contributed by atoms with van der Waals surface area (Å²) in [6, 6.07) is 0. The molecule has 2 saturated heterocycles. The van der Waals surface area contributed by atoms with E-state index in [1.165, 1.54) is 7.11 Å². The van der Waals surface area contributed by atoms with Gasteiger partial charge in [-0.15, -0.1) is 0 Å². The molecule has 3 atom stereocenters. The molecule has 3 unspecified atom stereocenters. The Hall–Kier alpha value is -1.14. The smallest absolute Gasteiger partial charge is 0.307 e. The number of amides is 1. The molecular weight excluding hydrogens is 274 g/mol. The Morgan fingerprint density at radius 1 is 1.24 bits per heavy atom. The molecule has 2 fully saturated rings. The van der Waals surface area contributed by atoms with Crippen LogP contribution in [-0.2, 0) is 23.8 Å². The summed E-state index contributed by atoms with van der Waals surface area (Å²) in [6.07, 6.45) is 3.01. The largest absolute Gasteiger partial charge is 0.469 e. The van der Waals surface area contributed by atoms with Crippen molar-refractivity contribution in [2.45, 2.75) is 44.8 Å². The summed E-state index contributed by atoms with van der Waals surface area (Å²) in [5.74, 6) is -0.334. The lowest BCUT2D eigenvalue weighted by Crippen LogP contribution is -2.43. The SMILES string of the molecule is COC(=O)CCN(CC1CCCO1)C(=O)C1CCOC1C. The van der Waals surface area contributed by atoms with Crippen molar-refractivity contribution in [2.24, 2.45) is 5.92 Å². The van der Waals surface area contributed by atoms with E-state index >= 15 is 0 Å². The molecule has 120 valence electrons. The van der Waals surface area contributed by atoms with E-state index in [1.807, 2.05) is 6.92 Å². The number of carbonyl (C=O) groups is 2. The summed E-state index contributed by atoms with van der Waals surface area (Å²) >= 11 is 0. The van der Waals surface area contributed by atoms with Gasteiger partial charge in [-0.2, -0.15) is 0 Å². The lowest BCUT2D eigenvalue weighted by molar-refractivity contribution is -0.143. The Kier molecular flexibility index (Phi) is 5.99. The summed E-state index contributed by atoms with van der Waals surface area (Å²) in [6.45, 7) is 4.25.